The molecular formula is C16H19FN2O4. The highest BCUT2D eigenvalue weighted by Gasteiger charge is 2.08. The molecule has 0 saturated carbocycles. The van der Waals surface area contributed by atoms with E-state index in [1.165, 1.54) is 25.3 Å². The summed E-state index contributed by atoms with van der Waals surface area (Å²) >= 11 is 0. The van der Waals surface area contributed by atoms with Gasteiger partial charge in [0.25, 0.3) is 0 Å². The van der Waals surface area contributed by atoms with Crippen LogP contribution in [0.5, 0.6) is 5.75 Å². The molecule has 1 heterocycles. The number of rotatable bonds is 8. The van der Waals surface area contributed by atoms with Gasteiger partial charge >= 0.3 is 6.03 Å². The first-order valence-corrected chi connectivity index (χ1v) is 7.17. The van der Waals surface area contributed by atoms with Crippen molar-refractivity contribution in [3.63, 3.8) is 0 Å². The van der Waals surface area contributed by atoms with Gasteiger partial charge in [0, 0.05) is 19.2 Å². The highest BCUT2D eigenvalue weighted by Crippen LogP contribution is 2.24. The Morgan fingerprint density at radius 3 is 2.96 bits per heavy atom. The second-order valence-electron chi connectivity index (χ2n) is 4.71. The van der Waals surface area contributed by atoms with Gasteiger partial charge in [-0.3, -0.25) is 0 Å². The molecule has 6 nitrogen and oxygen atoms in total. The highest BCUT2D eigenvalue weighted by molar-refractivity contribution is 5.90. The molecule has 0 aliphatic rings. The maximum absolute atomic E-state index is 13.1. The monoisotopic (exact) mass is 322 g/mol. The van der Waals surface area contributed by atoms with E-state index < -0.39 is 5.82 Å². The lowest BCUT2D eigenvalue weighted by Crippen LogP contribution is -2.30. The third-order valence-electron chi connectivity index (χ3n) is 2.99. The summed E-state index contributed by atoms with van der Waals surface area (Å²) in [6.07, 6.45) is 2.25. The van der Waals surface area contributed by atoms with Gasteiger partial charge in [-0.15, -0.1) is 0 Å². The van der Waals surface area contributed by atoms with E-state index in [0.29, 0.717) is 31.9 Å². The van der Waals surface area contributed by atoms with Crippen molar-refractivity contribution in [3.8, 4) is 5.75 Å². The van der Waals surface area contributed by atoms with Gasteiger partial charge in [0.2, 0.25) is 0 Å². The molecule has 2 amide bonds. The van der Waals surface area contributed by atoms with Crippen LogP contribution in [0.25, 0.3) is 0 Å². The number of ether oxygens (including phenoxy) is 2. The maximum atomic E-state index is 13.1. The van der Waals surface area contributed by atoms with Crippen LogP contribution in [0.4, 0.5) is 14.9 Å². The van der Waals surface area contributed by atoms with Gasteiger partial charge in [-0.1, -0.05) is 0 Å². The molecule has 2 N–H and O–H groups in total. The number of hydrogen-bond donors (Lipinski definition) is 2. The van der Waals surface area contributed by atoms with E-state index in [-0.39, 0.29) is 11.8 Å². The molecule has 0 unspecified atom stereocenters. The van der Waals surface area contributed by atoms with Crippen molar-refractivity contribution in [1.82, 2.24) is 5.32 Å². The fourth-order valence-electron chi connectivity index (χ4n) is 1.88. The van der Waals surface area contributed by atoms with Crippen LogP contribution in [0.1, 0.15) is 12.2 Å². The number of hydrogen-bond acceptors (Lipinski definition) is 4. The lowest BCUT2D eigenvalue weighted by molar-refractivity contribution is 0.104. The van der Waals surface area contributed by atoms with Gasteiger partial charge in [-0.25, -0.2) is 9.18 Å². The average Bonchev–Trinajstić information content (AvgIpc) is 3.05. The third kappa shape index (κ3) is 5.63. The Morgan fingerprint density at radius 2 is 2.22 bits per heavy atom. The number of carbonyl (C=O) groups excluding carboxylic acids is 1. The topological polar surface area (TPSA) is 72.7 Å². The minimum absolute atomic E-state index is 0.266. The van der Waals surface area contributed by atoms with Gasteiger partial charge in [-0.2, -0.15) is 0 Å². The summed E-state index contributed by atoms with van der Waals surface area (Å²) < 4.78 is 28.6. The van der Waals surface area contributed by atoms with Crippen molar-refractivity contribution < 1.29 is 23.1 Å². The van der Waals surface area contributed by atoms with Crippen LogP contribution < -0.4 is 15.4 Å². The molecule has 0 fully saturated rings. The van der Waals surface area contributed by atoms with E-state index in [1.54, 1.807) is 12.3 Å². The minimum Gasteiger partial charge on any atom is -0.494 e. The molecule has 0 saturated heterocycles. The molecule has 2 rings (SSSR count). The summed E-state index contributed by atoms with van der Waals surface area (Å²) in [5.41, 5.74) is 0.403. The van der Waals surface area contributed by atoms with Crippen molar-refractivity contribution in [2.45, 2.75) is 13.0 Å². The van der Waals surface area contributed by atoms with E-state index >= 15 is 0 Å². The predicted molar refractivity (Wildman–Crippen MR) is 83.0 cm³/mol. The molecule has 0 radical (unpaired) electrons. The van der Waals surface area contributed by atoms with Crippen LogP contribution in [0.3, 0.4) is 0 Å². The zero-order valence-electron chi connectivity index (χ0n) is 12.8. The van der Waals surface area contributed by atoms with E-state index in [0.717, 1.165) is 5.76 Å². The van der Waals surface area contributed by atoms with E-state index in [4.69, 9.17) is 13.9 Å². The summed E-state index contributed by atoms with van der Waals surface area (Å²) in [5, 5.41) is 5.29. The number of furan rings is 1. The second kappa shape index (κ2) is 8.79. The number of nitrogens with one attached hydrogen (secondary N) is 2. The van der Waals surface area contributed by atoms with Crippen molar-refractivity contribution in [1.29, 1.82) is 0 Å². The number of halogens is 1. The molecule has 0 bridgehead atoms. The maximum Gasteiger partial charge on any atom is 0.319 e. The van der Waals surface area contributed by atoms with Gasteiger partial charge in [0.1, 0.15) is 23.9 Å². The fraction of sp³-hybridized carbons (Fsp3) is 0.312. The number of urea groups is 1. The normalized spacial score (nSPS) is 10.3. The van der Waals surface area contributed by atoms with Gasteiger partial charge in [0.05, 0.1) is 19.1 Å². The van der Waals surface area contributed by atoms with Crippen molar-refractivity contribution >= 4 is 11.7 Å². The first-order chi connectivity index (χ1) is 11.2. The summed E-state index contributed by atoms with van der Waals surface area (Å²) in [7, 11) is 1.41. The van der Waals surface area contributed by atoms with Crippen LogP contribution in [-0.4, -0.2) is 26.3 Å². The van der Waals surface area contributed by atoms with E-state index in [1.807, 2.05) is 6.07 Å². The summed E-state index contributed by atoms with van der Waals surface area (Å²) in [4.78, 5) is 11.8. The van der Waals surface area contributed by atoms with Crippen LogP contribution >= 0.6 is 0 Å². The van der Waals surface area contributed by atoms with Gasteiger partial charge < -0.3 is 24.5 Å². The second-order valence-corrected chi connectivity index (χ2v) is 4.71. The molecule has 23 heavy (non-hydrogen) atoms. The van der Waals surface area contributed by atoms with Crippen molar-refractivity contribution in [2.24, 2.45) is 0 Å². The Bertz CT molecular complexity index is 617. The van der Waals surface area contributed by atoms with Gasteiger partial charge in [0.15, 0.2) is 0 Å². The molecular weight excluding hydrogens is 303 g/mol. The zero-order valence-corrected chi connectivity index (χ0v) is 12.8. The Morgan fingerprint density at radius 1 is 1.35 bits per heavy atom. The smallest absolute Gasteiger partial charge is 0.319 e. The summed E-state index contributed by atoms with van der Waals surface area (Å²) in [6.45, 7) is 1.36. The molecule has 0 aliphatic heterocycles. The lowest BCUT2D eigenvalue weighted by atomic mass is 10.3. The molecule has 7 heteroatoms. The van der Waals surface area contributed by atoms with Crippen molar-refractivity contribution in [3.05, 3.63) is 48.2 Å². The first-order valence-electron chi connectivity index (χ1n) is 7.17. The molecule has 124 valence electrons. The summed E-state index contributed by atoms with van der Waals surface area (Å²) in [5.74, 6) is 0.600. The SMILES string of the molecule is COc1cc(F)ccc1NC(=O)NCCCOCc1ccco1. The van der Waals surface area contributed by atoms with Crippen LogP contribution in [0.2, 0.25) is 0 Å². The number of carbonyl (C=O) groups is 1. The van der Waals surface area contributed by atoms with Crippen molar-refractivity contribution in [2.75, 3.05) is 25.6 Å². The van der Waals surface area contributed by atoms with Crippen LogP contribution in [-0.2, 0) is 11.3 Å². The summed E-state index contributed by atoms with van der Waals surface area (Å²) in [6, 6.07) is 7.15. The quantitative estimate of drug-likeness (QED) is 0.732. The molecule has 2 aromatic rings. The third-order valence-corrected chi connectivity index (χ3v) is 2.99. The number of amides is 2. The fourth-order valence-corrected chi connectivity index (χ4v) is 1.88. The largest absolute Gasteiger partial charge is 0.494 e. The molecule has 1 aromatic carbocycles. The van der Waals surface area contributed by atoms with E-state index in [9.17, 15) is 9.18 Å². The minimum atomic E-state index is -0.429. The van der Waals surface area contributed by atoms with Crippen LogP contribution in [0.15, 0.2) is 41.0 Å². The number of benzene rings is 1. The Labute approximate surface area is 133 Å². The number of anilines is 1. The molecule has 0 spiro atoms. The highest BCUT2D eigenvalue weighted by atomic mass is 19.1. The molecule has 0 aliphatic carbocycles. The number of methoxy groups -OCH3 is 1. The molecule has 1 aromatic heterocycles. The standard InChI is InChI=1S/C16H19FN2O4/c1-21-15-10-12(17)5-6-14(15)19-16(20)18-7-3-8-22-11-13-4-2-9-23-13/h2,4-6,9-10H,3,7-8,11H2,1H3,(H2,18,19,20). The van der Waals surface area contributed by atoms with Gasteiger partial charge in [-0.05, 0) is 30.7 Å². The van der Waals surface area contributed by atoms with Crippen LogP contribution in [0, 0.1) is 5.82 Å². The van der Waals surface area contributed by atoms with E-state index in [2.05, 4.69) is 10.6 Å². The lowest BCUT2D eigenvalue weighted by Gasteiger charge is -2.11. The Kier molecular flexibility index (Phi) is 6.43. The predicted octanol–water partition coefficient (Wildman–Crippen LogP) is 3.16. The molecule has 0 atom stereocenters. The Hall–Kier alpha value is -2.54. The Balaban J connectivity index is 1.63. The zero-order chi connectivity index (χ0) is 16.5. The first kappa shape index (κ1) is 16.8. The average molecular weight is 322 g/mol.